The number of nitrogens with one attached hydrogen (secondary N) is 1. The van der Waals surface area contributed by atoms with E-state index in [1.165, 1.54) is 23.1 Å². The van der Waals surface area contributed by atoms with Crippen LogP contribution in [0.25, 0.3) is 11.1 Å². The van der Waals surface area contributed by atoms with Crippen molar-refractivity contribution in [1.29, 1.82) is 10.5 Å². The number of nitrogen functional groups attached to an aromatic ring is 1. The van der Waals surface area contributed by atoms with Gasteiger partial charge in [-0.05, 0) is 41.4 Å². The molecule has 0 saturated carbocycles. The van der Waals surface area contributed by atoms with Crippen molar-refractivity contribution in [1.82, 2.24) is 4.98 Å². The highest BCUT2D eigenvalue weighted by atomic mass is 32.2. The number of nitriles is 2. The standard InChI is InChI=1S/C22H19N5O2S2/c1-2-29-18-6-4-3-5-17(18)26-19(28)8-10-31-22-16(12-24)20(14-7-9-30-13-14)15(11-23)21(25)27-22/h3-7,9,13H,2,8,10H2,1H3,(H2,25,27)(H,26,28). The smallest absolute Gasteiger partial charge is 0.225 e. The van der Waals surface area contributed by atoms with Crippen LogP contribution < -0.4 is 15.8 Å². The summed E-state index contributed by atoms with van der Waals surface area (Å²) >= 11 is 2.72. The molecule has 9 heteroatoms. The lowest BCUT2D eigenvalue weighted by Gasteiger charge is -2.12. The zero-order chi connectivity index (χ0) is 22.2. The van der Waals surface area contributed by atoms with Crippen molar-refractivity contribution in [2.75, 3.05) is 23.4 Å². The quantitative estimate of drug-likeness (QED) is 0.479. The van der Waals surface area contributed by atoms with Gasteiger partial charge in [-0.1, -0.05) is 12.1 Å². The molecule has 0 aliphatic carbocycles. The number of ether oxygens (including phenoxy) is 1. The lowest BCUT2D eigenvalue weighted by molar-refractivity contribution is -0.115. The summed E-state index contributed by atoms with van der Waals surface area (Å²) in [6.45, 7) is 2.38. The van der Waals surface area contributed by atoms with E-state index in [-0.39, 0.29) is 29.3 Å². The van der Waals surface area contributed by atoms with E-state index in [2.05, 4.69) is 22.4 Å². The van der Waals surface area contributed by atoms with Crippen molar-refractivity contribution in [3.8, 4) is 29.0 Å². The Morgan fingerprint density at radius 3 is 2.71 bits per heavy atom. The third-order valence-electron chi connectivity index (χ3n) is 4.25. The van der Waals surface area contributed by atoms with Crippen molar-refractivity contribution in [3.05, 3.63) is 52.2 Å². The summed E-state index contributed by atoms with van der Waals surface area (Å²) in [7, 11) is 0. The second-order valence-electron chi connectivity index (χ2n) is 6.24. The maximum atomic E-state index is 12.4. The Bertz CT molecular complexity index is 1160. The van der Waals surface area contributed by atoms with Crippen LogP contribution in [-0.4, -0.2) is 23.3 Å². The molecule has 3 aromatic rings. The molecule has 31 heavy (non-hydrogen) atoms. The van der Waals surface area contributed by atoms with E-state index in [0.717, 1.165) is 5.56 Å². The summed E-state index contributed by atoms with van der Waals surface area (Å²) < 4.78 is 5.52. The van der Waals surface area contributed by atoms with Crippen LogP contribution in [0.2, 0.25) is 0 Å². The van der Waals surface area contributed by atoms with E-state index >= 15 is 0 Å². The first-order valence-electron chi connectivity index (χ1n) is 9.39. The number of nitrogens with zero attached hydrogens (tertiary/aromatic N) is 3. The number of hydrogen-bond donors (Lipinski definition) is 2. The van der Waals surface area contributed by atoms with Gasteiger partial charge in [-0.25, -0.2) is 4.98 Å². The van der Waals surface area contributed by atoms with Gasteiger partial charge in [0, 0.05) is 17.7 Å². The fraction of sp³-hybridized carbons (Fsp3) is 0.182. The number of thiophene rings is 1. The van der Waals surface area contributed by atoms with Gasteiger partial charge in [0.25, 0.3) is 0 Å². The van der Waals surface area contributed by atoms with Crippen LogP contribution in [0, 0.1) is 22.7 Å². The molecule has 0 aliphatic heterocycles. The normalized spacial score (nSPS) is 10.2. The zero-order valence-electron chi connectivity index (χ0n) is 16.7. The Morgan fingerprint density at radius 2 is 2.03 bits per heavy atom. The Labute approximate surface area is 188 Å². The number of benzene rings is 1. The van der Waals surface area contributed by atoms with E-state index < -0.39 is 0 Å². The molecule has 0 fully saturated rings. The number of aromatic nitrogens is 1. The number of thioether (sulfide) groups is 1. The summed E-state index contributed by atoms with van der Waals surface area (Å²) in [5.74, 6) is 0.886. The van der Waals surface area contributed by atoms with Crippen LogP contribution in [0.5, 0.6) is 5.75 Å². The van der Waals surface area contributed by atoms with Crippen molar-refractivity contribution >= 4 is 40.5 Å². The number of para-hydroxylation sites is 2. The van der Waals surface area contributed by atoms with Gasteiger partial charge in [0.1, 0.15) is 34.3 Å². The number of carbonyl (C=O) groups is 1. The number of anilines is 2. The first kappa shape index (κ1) is 22.2. The van der Waals surface area contributed by atoms with Gasteiger partial charge in [0.15, 0.2) is 0 Å². The fourth-order valence-electron chi connectivity index (χ4n) is 2.90. The fourth-order valence-corrected chi connectivity index (χ4v) is 4.48. The molecule has 1 aromatic carbocycles. The van der Waals surface area contributed by atoms with Crippen LogP contribution in [0.15, 0.2) is 46.1 Å². The Kier molecular flexibility index (Phi) is 7.50. The molecule has 0 aliphatic rings. The van der Waals surface area contributed by atoms with Crippen LogP contribution in [-0.2, 0) is 4.79 Å². The molecule has 0 saturated heterocycles. The second kappa shape index (κ2) is 10.5. The van der Waals surface area contributed by atoms with Gasteiger partial charge >= 0.3 is 0 Å². The molecule has 2 aromatic heterocycles. The largest absolute Gasteiger partial charge is 0.492 e. The second-order valence-corrected chi connectivity index (χ2v) is 8.10. The highest BCUT2D eigenvalue weighted by molar-refractivity contribution is 7.99. The van der Waals surface area contributed by atoms with Gasteiger partial charge < -0.3 is 15.8 Å². The molecule has 0 atom stereocenters. The van der Waals surface area contributed by atoms with Crippen molar-refractivity contribution < 1.29 is 9.53 Å². The lowest BCUT2D eigenvalue weighted by Crippen LogP contribution is -2.13. The summed E-state index contributed by atoms with van der Waals surface area (Å²) in [4.78, 5) is 16.7. The average molecular weight is 450 g/mol. The van der Waals surface area contributed by atoms with E-state index in [4.69, 9.17) is 10.5 Å². The molecule has 2 heterocycles. The monoisotopic (exact) mass is 449 g/mol. The number of nitrogens with two attached hydrogens (primary N) is 1. The highest BCUT2D eigenvalue weighted by Gasteiger charge is 2.21. The van der Waals surface area contributed by atoms with Crippen LogP contribution in [0.1, 0.15) is 24.5 Å². The highest BCUT2D eigenvalue weighted by Crippen LogP contribution is 2.36. The third-order valence-corrected chi connectivity index (χ3v) is 5.91. The predicted octanol–water partition coefficient (Wildman–Crippen LogP) is 4.66. The number of amides is 1. The molecule has 0 unspecified atom stereocenters. The lowest BCUT2D eigenvalue weighted by atomic mass is 9.99. The Hall–Kier alpha value is -3.53. The van der Waals surface area contributed by atoms with Gasteiger partial charge in [-0.2, -0.15) is 21.9 Å². The molecule has 0 bridgehead atoms. The van der Waals surface area contributed by atoms with Gasteiger partial charge in [-0.3, -0.25) is 4.79 Å². The van der Waals surface area contributed by atoms with Crippen LogP contribution in [0.3, 0.4) is 0 Å². The molecule has 0 radical (unpaired) electrons. The van der Waals surface area contributed by atoms with Gasteiger partial charge in [0.05, 0.1) is 17.9 Å². The first-order chi connectivity index (χ1) is 15.1. The minimum Gasteiger partial charge on any atom is -0.492 e. The number of rotatable bonds is 8. The summed E-state index contributed by atoms with van der Waals surface area (Å²) in [6, 6.07) is 13.3. The minimum atomic E-state index is -0.183. The first-order valence-corrected chi connectivity index (χ1v) is 11.3. The third kappa shape index (κ3) is 5.15. The molecule has 0 spiro atoms. The molecular formula is C22H19N5O2S2. The Morgan fingerprint density at radius 1 is 1.26 bits per heavy atom. The van der Waals surface area contributed by atoms with E-state index in [0.29, 0.717) is 34.4 Å². The van der Waals surface area contributed by atoms with E-state index in [1.54, 1.807) is 12.1 Å². The van der Waals surface area contributed by atoms with Gasteiger partial charge in [-0.15, -0.1) is 11.8 Å². The van der Waals surface area contributed by atoms with Crippen LogP contribution >= 0.6 is 23.1 Å². The maximum Gasteiger partial charge on any atom is 0.225 e. The molecule has 7 nitrogen and oxygen atoms in total. The van der Waals surface area contributed by atoms with Crippen molar-refractivity contribution in [2.24, 2.45) is 0 Å². The van der Waals surface area contributed by atoms with Crippen molar-refractivity contribution in [2.45, 2.75) is 18.4 Å². The minimum absolute atomic E-state index is 0.0697. The number of pyridine rings is 1. The Balaban J connectivity index is 1.75. The molecule has 1 amide bonds. The van der Waals surface area contributed by atoms with Crippen LogP contribution in [0.4, 0.5) is 11.5 Å². The maximum absolute atomic E-state index is 12.4. The zero-order valence-corrected chi connectivity index (χ0v) is 18.3. The van der Waals surface area contributed by atoms with E-state index in [1.807, 2.05) is 35.9 Å². The molecule has 156 valence electrons. The van der Waals surface area contributed by atoms with Gasteiger partial charge in [0.2, 0.25) is 5.91 Å². The SMILES string of the molecule is CCOc1ccccc1NC(=O)CCSc1nc(N)c(C#N)c(-c2ccsc2)c1C#N. The number of hydrogen-bond acceptors (Lipinski definition) is 8. The molecular weight excluding hydrogens is 430 g/mol. The molecule has 3 rings (SSSR count). The predicted molar refractivity (Wildman–Crippen MR) is 123 cm³/mol. The average Bonchev–Trinajstić information content (AvgIpc) is 3.29. The number of carbonyl (C=O) groups excluding carboxylic acids is 1. The summed E-state index contributed by atoms with van der Waals surface area (Å²) in [5, 5.41) is 26.2. The summed E-state index contributed by atoms with van der Waals surface area (Å²) in [5.41, 5.74) is 8.31. The molecule has 3 N–H and O–H groups in total. The van der Waals surface area contributed by atoms with E-state index in [9.17, 15) is 15.3 Å². The van der Waals surface area contributed by atoms with Crippen molar-refractivity contribution in [3.63, 3.8) is 0 Å². The topological polar surface area (TPSA) is 125 Å². The summed E-state index contributed by atoms with van der Waals surface area (Å²) in [6.07, 6.45) is 0.200.